The predicted molar refractivity (Wildman–Crippen MR) is 164 cm³/mol. The van der Waals surface area contributed by atoms with Crippen molar-refractivity contribution in [2.24, 2.45) is 11.1 Å². The van der Waals surface area contributed by atoms with Gasteiger partial charge < -0.3 is 19.6 Å². The number of fused-ring (bicyclic) bond motifs is 1. The van der Waals surface area contributed by atoms with Gasteiger partial charge in [0.1, 0.15) is 19.0 Å². The normalized spacial score (nSPS) is 18.4. The fraction of sp³-hybridized carbons (Fsp3) is 0.469. The van der Waals surface area contributed by atoms with Crippen LogP contribution in [-0.2, 0) is 4.84 Å². The van der Waals surface area contributed by atoms with Crippen molar-refractivity contribution in [3.8, 4) is 5.75 Å². The van der Waals surface area contributed by atoms with E-state index in [4.69, 9.17) is 14.7 Å². The zero-order chi connectivity index (χ0) is 28.8. The minimum absolute atomic E-state index is 0.0495. The van der Waals surface area contributed by atoms with E-state index in [9.17, 15) is 4.79 Å². The lowest BCUT2D eigenvalue weighted by Gasteiger charge is -2.49. The summed E-state index contributed by atoms with van der Waals surface area (Å²) in [5.74, 6) is 1.04. The summed E-state index contributed by atoms with van der Waals surface area (Å²) in [4.78, 5) is 28.2. The lowest BCUT2D eigenvalue weighted by atomic mass is 9.82. The monoisotopic (exact) mass is 622 g/mol. The highest BCUT2D eigenvalue weighted by molar-refractivity contribution is 9.10. The first-order chi connectivity index (χ1) is 19.9. The third-order valence-electron chi connectivity index (χ3n) is 8.51. The molecular formula is C32H39BrN4O4. The van der Waals surface area contributed by atoms with Crippen molar-refractivity contribution in [2.45, 2.75) is 45.1 Å². The van der Waals surface area contributed by atoms with Gasteiger partial charge in [-0.1, -0.05) is 33.2 Å². The number of ether oxygens (including phenoxy) is 1. The van der Waals surface area contributed by atoms with E-state index in [0.29, 0.717) is 29.4 Å². The number of aliphatic hydroxyl groups is 1. The van der Waals surface area contributed by atoms with Crippen molar-refractivity contribution in [2.75, 3.05) is 46.0 Å². The van der Waals surface area contributed by atoms with Crippen molar-refractivity contribution in [3.05, 3.63) is 70.3 Å². The number of aliphatic hydroxyl groups excluding tert-OH is 1. The van der Waals surface area contributed by atoms with E-state index in [0.717, 1.165) is 73.0 Å². The summed E-state index contributed by atoms with van der Waals surface area (Å²) in [5, 5.41) is 14.4. The SMILES string of the molecule is CCON=C(c1ccc(Br)cc1)C1CCN(C2(C)CCN(C(=O)c3ccnc4cc(OCCO)ccc34)CC2)CC1. The average Bonchev–Trinajstić information content (AvgIpc) is 3.01. The highest BCUT2D eigenvalue weighted by Gasteiger charge is 2.39. The van der Waals surface area contributed by atoms with Crippen LogP contribution in [0.3, 0.4) is 0 Å². The number of halogens is 1. The molecule has 1 amide bonds. The van der Waals surface area contributed by atoms with Crippen LogP contribution in [0.1, 0.15) is 55.5 Å². The van der Waals surface area contributed by atoms with Crippen molar-refractivity contribution in [3.63, 3.8) is 0 Å². The van der Waals surface area contributed by atoms with Gasteiger partial charge in [0.25, 0.3) is 5.91 Å². The summed E-state index contributed by atoms with van der Waals surface area (Å²) in [6.07, 6.45) is 5.64. The third-order valence-corrected chi connectivity index (χ3v) is 9.04. The zero-order valence-corrected chi connectivity index (χ0v) is 25.5. The molecule has 8 nitrogen and oxygen atoms in total. The highest BCUT2D eigenvalue weighted by atomic mass is 79.9. The molecule has 1 aromatic heterocycles. The topological polar surface area (TPSA) is 87.5 Å². The number of likely N-dealkylation sites (tertiary alicyclic amines) is 2. The summed E-state index contributed by atoms with van der Waals surface area (Å²) >= 11 is 3.53. The number of carbonyl (C=O) groups is 1. The Morgan fingerprint density at radius 2 is 1.83 bits per heavy atom. The van der Waals surface area contributed by atoms with E-state index in [-0.39, 0.29) is 24.7 Å². The maximum Gasteiger partial charge on any atom is 0.254 e. The molecule has 5 rings (SSSR count). The van der Waals surface area contributed by atoms with Crippen molar-refractivity contribution >= 4 is 38.5 Å². The molecule has 9 heteroatoms. The molecule has 2 fully saturated rings. The molecule has 2 aliphatic heterocycles. The zero-order valence-electron chi connectivity index (χ0n) is 23.9. The first kappa shape index (κ1) is 29.5. The van der Waals surface area contributed by atoms with E-state index in [2.05, 4.69) is 62.2 Å². The van der Waals surface area contributed by atoms with Crippen LogP contribution in [0.2, 0.25) is 0 Å². The minimum Gasteiger partial charge on any atom is -0.491 e. The Hall–Kier alpha value is -3.01. The van der Waals surface area contributed by atoms with E-state index < -0.39 is 0 Å². The van der Waals surface area contributed by atoms with Gasteiger partial charge in [-0.05, 0) is 88.5 Å². The first-order valence-electron chi connectivity index (χ1n) is 14.5. The maximum atomic E-state index is 13.6. The smallest absolute Gasteiger partial charge is 0.254 e. The second-order valence-corrected chi connectivity index (χ2v) is 12.0. The minimum atomic E-state index is -0.0505. The van der Waals surface area contributed by atoms with E-state index in [1.165, 1.54) is 0 Å². The molecule has 2 aromatic carbocycles. The molecule has 0 aliphatic carbocycles. The number of nitrogens with zero attached hydrogens (tertiary/aromatic N) is 4. The Morgan fingerprint density at radius 1 is 1.10 bits per heavy atom. The van der Waals surface area contributed by atoms with Gasteiger partial charge in [-0.3, -0.25) is 14.7 Å². The molecule has 1 N–H and O–H groups in total. The van der Waals surface area contributed by atoms with Gasteiger partial charge in [-0.15, -0.1) is 0 Å². The Morgan fingerprint density at radius 3 is 2.51 bits per heavy atom. The van der Waals surface area contributed by atoms with Crippen LogP contribution in [0.4, 0.5) is 0 Å². The molecule has 41 heavy (non-hydrogen) atoms. The number of benzene rings is 2. The van der Waals surface area contributed by atoms with Gasteiger partial charge in [0.15, 0.2) is 0 Å². The van der Waals surface area contributed by atoms with Gasteiger partial charge in [0.2, 0.25) is 0 Å². The molecule has 2 saturated heterocycles. The molecule has 0 bridgehead atoms. The number of pyridine rings is 1. The van der Waals surface area contributed by atoms with Crippen LogP contribution in [0.25, 0.3) is 10.9 Å². The van der Waals surface area contributed by atoms with Crippen molar-refractivity contribution in [1.29, 1.82) is 0 Å². The molecule has 218 valence electrons. The number of carbonyl (C=O) groups excluding carboxylic acids is 1. The number of hydrogen-bond acceptors (Lipinski definition) is 7. The number of piperidine rings is 2. The molecule has 0 atom stereocenters. The first-order valence-corrected chi connectivity index (χ1v) is 15.3. The summed E-state index contributed by atoms with van der Waals surface area (Å²) in [5.41, 5.74) is 3.61. The molecule has 0 radical (unpaired) electrons. The number of oxime groups is 1. The Labute approximate surface area is 250 Å². The predicted octanol–water partition coefficient (Wildman–Crippen LogP) is 5.52. The van der Waals surface area contributed by atoms with Crippen LogP contribution in [0, 0.1) is 5.92 Å². The van der Waals surface area contributed by atoms with Gasteiger partial charge in [-0.2, -0.15) is 0 Å². The van der Waals surface area contributed by atoms with E-state index >= 15 is 0 Å². The molecule has 3 heterocycles. The quantitative estimate of drug-likeness (QED) is 0.250. The maximum absolute atomic E-state index is 13.6. The summed E-state index contributed by atoms with van der Waals surface area (Å²) in [6, 6.07) is 15.7. The third kappa shape index (κ3) is 6.74. The second kappa shape index (κ2) is 13.3. The standard InChI is InChI=1S/C32H39BrN4O4/c1-3-41-35-30(23-4-6-25(33)7-5-23)24-11-16-37(17-12-24)32(2)13-18-36(19-14-32)31(39)28-10-15-34-29-22-26(40-21-20-38)8-9-27(28)29/h4-10,15,22,24,38H,3,11-14,16-21H2,1-2H3. The van der Waals surface area contributed by atoms with Crippen LogP contribution in [-0.4, -0.2) is 83.0 Å². The summed E-state index contributed by atoms with van der Waals surface area (Å²) < 4.78 is 6.57. The number of rotatable bonds is 9. The summed E-state index contributed by atoms with van der Waals surface area (Å²) in [7, 11) is 0. The lowest BCUT2D eigenvalue weighted by Crippen LogP contribution is -2.56. The second-order valence-electron chi connectivity index (χ2n) is 11.1. The Balaban J connectivity index is 1.21. The average molecular weight is 624 g/mol. The Bertz CT molecular complexity index is 1360. The largest absolute Gasteiger partial charge is 0.491 e. The van der Waals surface area contributed by atoms with Gasteiger partial charge in [0, 0.05) is 46.7 Å². The van der Waals surface area contributed by atoms with E-state index in [1.807, 2.05) is 36.1 Å². The van der Waals surface area contributed by atoms with Gasteiger partial charge in [0.05, 0.1) is 23.4 Å². The molecule has 0 unspecified atom stereocenters. The molecular weight excluding hydrogens is 584 g/mol. The molecule has 0 spiro atoms. The van der Waals surface area contributed by atoms with Crippen LogP contribution in [0.5, 0.6) is 5.75 Å². The lowest BCUT2D eigenvalue weighted by molar-refractivity contribution is 0.0162. The molecule has 2 aliphatic rings. The van der Waals surface area contributed by atoms with Gasteiger partial charge >= 0.3 is 0 Å². The highest BCUT2D eigenvalue weighted by Crippen LogP contribution is 2.34. The molecule has 0 saturated carbocycles. The Kier molecular flexibility index (Phi) is 9.57. The number of amides is 1. The fourth-order valence-electron chi connectivity index (χ4n) is 6.06. The van der Waals surface area contributed by atoms with Crippen molar-refractivity contribution in [1.82, 2.24) is 14.8 Å². The number of hydrogen-bond donors (Lipinski definition) is 1. The fourth-order valence-corrected chi connectivity index (χ4v) is 6.32. The van der Waals surface area contributed by atoms with Gasteiger partial charge in [-0.25, -0.2) is 0 Å². The van der Waals surface area contributed by atoms with Crippen molar-refractivity contribution < 1.29 is 19.5 Å². The summed E-state index contributed by atoms with van der Waals surface area (Å²) in [6.45, 7) is 8.52. The number of aromatic nitrogens is 1. The van der Waals surface area contributed by atoms with Crippen LogP contribution >= 0.6 is 15.9 Å². The van der Waals surface area contributed by atoms with Crippen LogP contribution in [0.15, 0.2) is 64.4 Å². The van der Waals surface area contributed by atoms with Crippen LogP contribution < -0.4 is 4.74 Å². The van der Waals surface area contributed by atoms with E-state index in [1.54, 1.807) is 6.20 Å². The molecule has 3 aromatic rings.